The van der Waals surface area contributed by atoms with Gasteiger partial charge in [0.2, 0.25) is 5.95 Å². The number of hydrogen-bond donors (Lipinski definition) is 2. The van der Waals surface area contributed by atoms with E-state index in [1.807, 2.05) is 30.5 Å². The van der Waals surface area contributed by atoms with Gasteiger partial charge in [-0.1, -0.05) is 25.0 Å². The first-order valence-electron chi connectivity index (χ1n) is 10.9. The molecule has 1 saturated carbocycles. The normalized spacial score (nSPS) is 17.3. The molecule has 0 atom stereocenters. The first-order valence-corrected chi connectivity index (χ1v) is 10.9. The van der Waals surface area contributed by atoms with Gasteiger partial charge in [0.25, 0.3) is 0 Å². The molecule has 1 aliphatic carbocycles. The van der Waals surface area contributed by atoms with E-state index in [0.717, 1.165) is 59.9 Å². The molecule has 3 heterocycles. The van der Waals surface area contributed by atoms with E-state index in [2.05, 4.69) is 20.2 Å². The van der Waals surface area contributed by atoms with Crippen molar-refractivity contribution in [3.05, 3.63) is 30.5 Å². The monoisotopic (exact) mass is 421 g/mol. The Labute approximate surface area is 180 Å². The van der Waals surface area contributed by atoms with Gasteiger partial charge in [0.1, 0.15) is 0 Å². The maximum Gasteiger partial charge on any atom is 0.318 e. The molecule has 1 saturated heterocycles. The standard InChI is InChI=1S/C22H27N7O2/c1-23-22(30)25-16-8-6-15(7-9-16)19-18-14-24-29(17-4-2-3-5-17)20(18)27-21(26-19)28-10-12-31-13-11-28/h6-9,14,17H,2-5,10-13H2,1H3,(H2,23,25,30). The summed E-state index contributed by atoms with van der Waals surface area (Å²) in [4.78, 5) is 23.7. The van der Waals surface area contributed by atoms with Crippen molar-refractivity contribution in [2.45, 2.75) is 31.7 Å². The molecule has 2 aromatic heterocycles. The summed E-state index contributed by atoms with van der Waals surface area (Å²) in [5.41, 5.74) is 3.45. The summed E-state index contributed by atoms with van der Waals surface area (Å²) >= 11 is 0. The summed E-state index contributed by atoms with van der Waals surface area (Å²) in [5.74, 6) is 0.720. The van der Waals surface area contributed by atoms with Gasteiger partial charge < -0.3 is 20.3 Å². The van der Waals surface area contributed by atoms with E-state index in [1.54, 1.807) is 7.05 Å². The number of carbonyl (C=O) groups excluding carboxylic acids is 1. The quantitative estimate of drug-likeness (QED) is 0.672. The van der Waals surface area contributed by atoms with E-state index < -0.39 is 0 Å². The Balaban J connectivity index is 1.58. The molecule has 0 bridgehead atoms. The highest BCUT2D eigenvalue weighted by Gasteiger charge is 2.24. The first kappa shape index (κ1) is 19.7. The van der Waals surface area contributed by atoms with Crippen molar-refractivity contribution in [1.82, 2.24) is 25.1 Å². The van der Waals surface area contributed by atoms with Gasteiger partial charge in [-0.2, -0.15) is 10.1 Å². The Bertz CT molecular complexity index is 1070. The van der Waals surface area contributed by atoms with Crippen LogP contribution in [0.1, 0.15) is 31.7 Å². The number of amides is 2. The van der Waals surface area contributed by atoms with Crippen molar-refractivity contribution in [2.24, 2.45) is 0 Å². The third-order valence-corrected chi connectivity index (χ3v) is 6.05. The number of aromatic nitrogens is 4. The number of rotatable bonds is 4. The Morgan fingerprint density at radius 3 is 2.55 bits per heavy atom. The average Bonchev–Trinajstić information content (AvgIpc) is 3.49. The zero-order chi connectivity index (χ0) is 21.2. The lowest BCUT2D eigenvalue weighted by molar-refractivity contribution is 0.122. The molecule has 1 aliphatic heterocycles. The van der Waals surface area contributed by atoms with Crippen LogP contribution in [0.25, 0.3) is 22.3 Å². The number of nitrogens with zero attached hydrogens (tertiary/aromatic N) is 5. The molecule has 0 spiro atoms. The average molecular weight is 422 g/mol. The largest absolute Gasteiger partial charge is 0.378 e. The number of anilines is 2. The Morgan fingerprint density at radius 1 is 1.10 bits per heavy atom. The van der Waals surface area contributed by atoms with Crippen LogP contribution in [0.15, 0.2) is 30.5 Å². The van der Waals surface area contributed by atoms with Crippen LogP contribution in [0.2, 0.25) is 0 Å². The molecule has 9 nitrogen and oxygen atoms in total. The predicted octanol–water partition coefficient (Wildman–Crippen LogP) is 3.20. The molecule has 1 aromatic carbocycles. The van der Waals surface area contributed by atoms with E-state index in [1.165, 1.54) is 12.8 Å². The minimum absolute atomic E-state index is 0.246. The van der Waals surface area contributed by atoms with E-state index >= 15 is 0 Å². The van der Waals surface area contributed by atoms with Crippen LogP contribution in [-0.4, -0.2) is 59.1 Å². The summed E-state index contributed by atoms with van der Waals surface area (Å²) in [5, 5.41) is 11.0. The third kappa shape index (κ3) is 3.93. The van der Waals surface area contributed by atoms with E-state index in [9.17, 15) is 4.79 Å². The number of morpholine rings is 1. The van der Waals surface area contributed by atoms with Crippen LogP contribution < -0.4 is 15.5 Å². The van der Waals surface area contributed by atoms with Crippen molar-refractivity contribution in [2.75, 3.05) is 43.6 Å². The Kier molecular flexibility index (Phi) is 5.42. The molecule has 31 heavy (non-hydrogen) atoms. The summed E-state index contributed by atoms with van der Waals surface area (Å²) in [6.07, 6.45) is 6.65. The molecular formula is C22H27N7O2. The highest BCUT2D eigenvalue weighted by atomic mass is 16.5. The van der Waals surface area contributed by atoms with E-state index in [4.69, 9.17) is 19.8 Å². The first-order chi connectivity index (χ1) is 15.2. The minimum Gasteiger partial charge on any atom is -0.378 e. The molecule has 162 valence electrons. The highest BCUT2D eigenvalue weighted by Crippen LogP contribution is 2.35. The number of ether oxygens (including phenoxy) is 1. The van der Waals surface area contributed by atoms with E-state index in [-0.39, 0.29) is 6.03 Å². The van der Waals surface area contributed by atoms with Crippen LogP contribution in [0, 0.1) is 0 Å². The van der Waals surface area contributed by atoms with Crippen LogP contribution in [-0.2, 0) is 4.74 Å². The van der Waals surface area contributed by atoms with Gasteiger partial charge in [0, 0.05) is 31.4 Å². The predicted molar refractivity (Wildman–Crippen MR) is 119 cm³/mol. The molecular weight excluding hydrogens is 394 g/mol. The maximum absolute atomic E-state index is 11.6. The molecule has 0 radical (unpaired) electrons. The number of nitrogens with one attached hydrogen (secondary N) is 2. The van der Waals surface area contributed by atoms with Crippen LogP contribution in [0.5, 0.6) is 0 Å². The zero-order valence-electron chi connectivity index (χ0n) is 17.7. The van der Waals surface area contributed by atoms with Crippen LogP contribution in [0.3, 0.4) is 0 Å². The number of benzene rings is 1. The van der Waals surface area contributed by atoms with Gasteiger partial charge in [-0.25, -0.2) is 14.5 Å². The van der Waals surface area contributed by atoms with Gasteiger partial charge in [0.15, 0.2) is 5.65 Å². The number of urea groups is 1. The summed E-state index contributed by atoms with van der Waals surface area (Å²) in [6, 6.07) is 7.87. The topological polar surface area (TPSA) is 97.2 Å². The smallest absolute Gasteiger partial charge is 0.318 e. The van der Waals surface area contributed by atoms with Crippen molar-refractivity contribution in [3.8, 4) is 11.3 Å². The highest BCUT2D eigenvalue weighted by molar-refractivity contribution is 5.93. The third-order valence-electron chi connectivity index (χ3n) is 6.05. The van der Waals surface area contributed by atoms with Crippen molar-refractivity contribution < 1.29 is 9.53 Å². The maximum atomic E-state index is 11.6. The number of fused-ring (bicyclic) bond motifs is 1. The molecule has 3 aromatic rings. The van der Waals surface area contributed by atoms with Gasteiger partial charge in [-0.05, 0) is 25.0 Å². The lowest BCUT2D eigenvalue weighted by Crippen LogP contribution is -2.37. The van der Waals surface area contributed by atoms with Crippen LogP contribution >= 0.6 is 0 Å². The van der Waals surface area contributed by atoms with Crippen molar-refractivity contribution >= 4 is 28.7 Å². The zero-order valence-corrected chi connectivity index (χ0v) is 17.7. The fourth-order valence-electron chi connectivity index (χ4n) is 4.36. The van der Waals surface area contributed by atoms with Gasteiger partial charge >= 0.3 is 6.03 Å². The second-order valence-corrected chi connectivity index (χ2v) is 8.02. The van der Waals surface area contributed by atoms with Crippen molar-refractivity contribution in [3.63, 3.8) is 0 Å². The summed E-state index contributed by atoms with van der Waals surface area (Å²) < 4.78 is 7.61. The number of carbonyl (C=O) groups is 1. The molecule has 0 unspecified atom stereocenters. The fourth-order valence-corrected chi connectivity index (χ4v) is 4.36. The second kappa shape index (κ2) is 8.50. The molecule has 2 fully saturated rings. The molecule has 2 amide bonds. The van der Waals surface area contributed by atoms with Gasteiger partial charge in [-0.15, -0.1) is 0 Å². The van der Waals surface area contributed by atoms with Gasteiger partial charge in [-0.3, -0.25) is 0 Å². The Hall–Kier alpha value is -3.20. The van der Waals surface area contributed by atoms with Crippen molar-refractivity contribution in [1.29, 1.82) is 0 Å². The van der Waals surface area contributed by atoms with Gasteiger partial charge in [0.05, 0.1) is 36.5 Å². The fraction of sp³-hybridized carbons (Fsp3) is 0.455. The molecule has 5 rings (SSSR count). The molecule has 2 aliphatic rings. The molecule has 2 N–H and O–H groups in total. The minimum atomic E-state index is -0.246. The SMILES string of the molecule is CNC(=O)Nc1ccc(-c2nc(N3CCOCC3)nc3c2cnn3C2CCCC2)cc1. The second-order valence-electron chi connectivity index (χ2n) is 8.02. The lowest BCUT2D eigenvalue weighted by atomic mass is 10.1. The Morgan fingerprint density at radius 2 is 1.84 bits per heavy atom. The summed E-state index contributed by atoms with van der Waals surface area (Å²) in [6.45, 7) is 2.91. The summed E-state index contributed by atoms with van der Waals surface area (Å²) in [7, 11) is 1.59. The van der Waals surface area contributed by atoms with E-state index in [0.29, 0.717) is 19.3 Å². The van der Waals surface area contributed by atoms with Crippen LogP contribution in [0.4, 0.5) is 16.4 Å². The molecule has 9 heteroatoms. The number of hydrogen-bond acceptors (Lipinski definition) is 6. The lowest BCUT2D eigenvalue weighted by Gasteiger charge is -2.27.